The highest BCUT2D eigenvalue weighted by molar-refractivity contribution is 14.1. The molecular formula is C13H20IN. The van der Waals surface area contributed by atoms with Gasteiger partial charge in [-0.3, -0.25) is 0 Å². The zero-order valence-electron chi connectivity index (χ0n) is 9.81. The second kappa shape index (κ2) is 5.73. The van der Waals surface area contributed by atoms with Crippen molar-refractivity contribution in [3.63, 3.8) is 0 Å². The van der Waals surface area contributed by atoms with Crippen LogP contribution in [0.3, 0.4) is 0 Å². The largest absolute Gasteiger partial charge is 0.380 e. The van der Waals surface area contributed by atoms with Crippen LogP contribution in [-0.4, -0.2) is 5.54 Å². The van der Waals surface area contributed by atoms with E-state index in [4.69, 9.17) is 0 Å². The molecule has 1 aromatic rings. The van der Waals surface area contributed by atoms with Crippen LogP contribution in [0.1, 0.15) is 40.0 Å². The van der Waals surface area contributed by atoms with E-state index in [9.17, 15) is 0 Å². The van der Waals surface area contributed by atoms with Crippen molar-refractivity contribution in [2.75, 3.05) is 5.32 Å². The molecule has 84 valence electrons. The number of halogens is 1. The normalized spacial score (nSPS) is 14.7. The van der Waals surface area contributed by atoms with Crippen LogP contribution < -0.4 is 5.32 Å². The zero-order valence-corrected chi connectivity index (χ0v) is 12.0. The predicted molar refractivity (Wildman–Crippen MR) is 76.4 cm³/mol. The van der Waals surface area contributed by atoms with E-state index >= 15 is 0 Å². The van der Waals surface area contributed by atoms with Gasteiger partial charge in [0.2, 0.25) is 0 Å². The third-order valence-corrected chi connectivity index (χ3v) is 3.52. The molecule has 0 bridgehead atoms. The van der Waals surface area contributed by atoms with Gasteiger partial charge in [-0.2, -0.15) is 0 Å². The van der Waals surface area contributed by atoms with Gasteiger partial charge in [0.05, 0.1) is 0 Å². The number of hydrogen-bond acceptors (Lipinski definition) is 1. The maximum absolute atomic E-state index is 3.64. The molecule has 0 saturated carbocycles. The standard InChI is InChI=1S/C13H20IN/c1-4-9-13(3,5-2)15-12-8-6-7-11(14)10-12/h6-8,10,15H,4-5,9H2,1-3H3. The average Bonchev–Trinajstić information content (AvgIpc) is 2.18. The smallest absolute Gasteiger partial charge is 0.0354 e. The number of benzene rings is 1. The Morgan fingerprint density at radius 2 is 2.07 bits per heavy atom. The Bertz CT molecular complexity index is 311. The number of anilines is 1. The van der Waals surface area contributed by atoms with Crippen LogP contribution in [0.2, 0.25) is 0 Å². The van der Waals surface area contributed by atoms with Crippen LogP contribution in [0.5, 0.6) is 0 Å². The number of rotatable bonds is 5. The quantitative estimate of drug-likeness (QED) is 0.778. The molecule has 0 radical (unpaired) electrons. The van der Waals surface area contributed by atoms with E-state index in [1.54, 1.807) is 0 Å². The molecule has 0 amide bonds. The lowest BCUT2D eigenvalue weighted by Crippen LogP contribution is -2.33. The molecule has 2 heteroatoms. The summed E-state index contributed by atoms with van der Waals surface area (Å²) < 4.78 is 1.28. The molecule has 1 nitrogen and oxygen atoms in total. The van der Waals surface area contributed by atoms with Gasteiger partial charge in [-0.15, -0.1) is 0 Å². The van der Waals surface area contributed by atoms with Crippen LogP contribution >= 0.6 is 22.6 Å². The first-order valence-electron chi connectivity index (χ1n) is 5.63. The summed E-state index contributed by atoms with van der Waals surface area (Å²) in [6.07, 6.45) is 3.60. The topological polar surface area (TPSA) is 12.0 Å². The van der Waals surface area contributed by atoms with E-state index in [-0.39, 0.29) is 5.54 Å². The monoisotopic (exact) mass is 317 g/mol. The van der Waals surface area contributed by atoms with E-state index in [1.165, 1.54) is 22.1 Å². The summed E-state index contributed by atoms with van der Waals surface area (Å²) in [6.45, 7) is 6.79. The molecule has 0 spiro atoms. The first-order valence-corrected chi connectivity index (χ1v) is 6.71. The maximum Gasteiger partial charge on any atom is 0.0354 e. The first kappa shape index (κ1) is 12.8. The van der Waals surface area contributed by atoms with E-state index in [1.807, 2.05) is 0 Å². The first-order chi connectivity index (χ1) is 7.09. The van der Waals surface area contributed by atoms with Gasteiger partial charge in [0.25, 0.3) is 0 Å². The van der Waals surface area contributed by atoms with Gasteiger partial charge < -0.3 is 5.32 Å². The summed E-state index contributed by atoms with van der Waals surface area (Å²) in [6, 6.07) is 8.57. The minimum Gasteiger partial charge on any atom is -0.380 e. The summed E-state index contributed by atoms with van der Waals surface area (Å²) in [5.41, 5.74) is 1.47. The van der Waals surface area contributed by atoms with Crippen LogP contribution in [-0.2, 0) is 0 Å². The molecule has 1 rings (SSSR count). The Balaban J connectivity index is 2.74. The van der Waals surface area contributed by atoms with E-state index in [0.717, 1.165) is 6.42 Å². The molecule has 0 fully saturated rings. The van der Waals surface area contributed by atoms with Gasteiger partial charge in [0.15, 0.2) is 0 Å². The highest BCUT2D eigenvalue weighted by Gasteiger charge is 2.19. The fraction of sp³-hybridized carbons (Fsp3) is 0.538. The van der Waals surface area contributed by atoms with Gasteiger partial charge in [-0.25, -0.2) is 0 Å². The zero-order chi connectivity index (χ0) is 11.3. The predicted octanol–water partition coefficient (Wildman–Crippen LogP) is 4.67. The molecule has 15 heavy (non-hydrogen) atoms. The molecule has 1 unspecified atom stereocenters. The van der Waals surface area contributed by atoms with Crippen molar-refractivity contribution in [1.82, 2.24) is 0 Å². The Labute approximate surface area is 107 Å². The third-order valence-electron chi connectivity index (χ3n) is 2.85. The molecule has 1 atom stereocenters. The molecule has 0 aliphatic heterocycles. The summed E-state index contributed by atoms with van der Waals surface area (Å²) in [7, 11) is 0. The molecule has 0 saturated heterocycles. The SMILES string of the molecule is CCCC(C)(CC)Nc1cccc(I)c1. The maximum atomic E-state index is 3.64. The summed E-state index contributed by atoms with van der Waals surface area (Å²) in [5, 5.41) is 3.64. The fourth-order valence-electron chi connectivity index (χ4n) is 1.79. The van der Waals surface area contributed by atoms with Crippen LogP contribution in [0.25, 0.3) is 0 Å². The van der Waals surface area contributed by atoms with Gasteiger partial charge in [0.1, 0.15) is 0 Å². The van der Waals surface area contributed by atoms with Crippen LogP contribution in [0, 0.1) is 3.57 Å². The second-order valence-electron chi connectivity index (χ2n) is 4.30. The Kier molecular flexibility index (Phi) is 4.90. The van der Waals surface area contributed by atoms with Crippen molar-refractivity contribution < 1.29 is 0 Å². The Morgan fingerprint density at radius 3 is 2.60 bits per heavy atom. The molecule has 0 aromatic heterocycles. The number of hydrogen-bond donors (Lipinski definition) is 1. The van der Waals surface area contributed by atoms with Crippen molar-refractivity contribution in [1.29, 1.82) is 0 Å². The average molecular weight is 317 g/mol. The van der Waals surface area contributed by atoms with Crippen molar-refractivity contribution >= 4 is 28.3 Å². The van der Waals surface area contributed by atoms with E-state index in [0.29, 0.717) is 0 Å². The lowest BCUT2D eigenvalue weighted by atomic mass is 9.93. The fourth-order valence-corrected chi connectivity index (χ4v) is 2.34. The third kappa shape index (κ3) is 4.01. The Hall–Kier alpha value is -0.250. The summed E-state index contributed by atoms with van der Waals surface area (Å²) in [4.78, 5) is 0. The highest BCUT2D eigenvalue weighted by atomic mass is 127. The summed E-state index contributed by atoms with van der Waals surface area (Å²) in [5.74, 6) is 0. The van der Waals surface area contributed by atoms with Gasteiger partial charge in [0, 0.05) is 14.8 Å². The molecule has 1 aromatic carbocycles. The minimum atomic E-state index is 0.235. The molecule has 1 N–H and O–H groups in total. The summed E-state index contributed by atoms with van der Waals surface area (Å²) >= 11 is 2.35. The van der Waals surface area contributed by atoms with E-state index in [2.05, 4.69) is 72.9 Å². The Morgan fingerprint density at radius 1 is 1.33 bits per heavy atom. The van der Waals surface area contributed by atoms with Crippen molar-refractivity contribution in [3.8, 4) is 0 Å². The van der Waals surface area contributed by atoms with Crippen molar-refractivity contribution in [3.05, 3.63) is 27.8 Å². The molecule has 0 aliphatic rings. The van der Waals surface area contributed by atoms with Crippen LogP contribution in [0.4, 0.5) is 5.69 Å². The van der Waals surface area contributed by atoms with Crippen LogP contribution in [0.15, 0.2) is 24.3 Å². The van der Waals surface area contributed by atoms with Gasteiger partial charge in [-0.05, 0) is 60.6 Å². The minimum absolute atomic E-state index is 0.235. The highest BCUT2D eigenvalue weighted by Crippen LogP contribution is 2.24. The van der Waals surface area contributed by atoms with Gasteiger partial charge in [-0.1, -0.05) is 26.3 Å². The lowest BCUT2D eigenvalue weighted by Gasteiger charge is -2.30. The molecular weight excluding hydrogens is 297 g/mol. The molecule has 0 heterocycles. The van der Waals surface area contributed by atoms with Crippen molar-refractivity contribution in [2.24, 2.45) is 0 Å². The lowest BCUT2D eigenvalue weighted by molar-refractivity contribution is 0.451. The number of nitrogens with one attached hydrogen (secondary N) is 1. The van der Waals surface area contributed by atoms with Gasteiger partial charge >= 0.3 is 0 Å². The second-order valence-corrected chi connectivity index (χ2v) is 5.55. The molecule has 0 aliphatic carbocycles. The van der Waals surface area contributed by atoms with Crippen molar-refractivity contribution in [2.45, 2.75) is 45.6 Å². The van der Waals surface area contributed by atoms with E-state index < -0.39 is 0 Å².